The number of aromatic nitrogens is 1. The molecule has 7 heteroatoms. The molecular formula is C21H26ClN3O3. The number of rotatable bonds is 7. The number of hydrogen-bond acceptors (Lipinski definition) is 5. The van der Waals surface area contributed by atoms with Gasteiger partial charge in [0.1, 0.15) is 5.82 Å². The maximum Gasteiger partial charge on any atom is 0.306 e. The zero-order valence-electron chi connectivity index (χ0n) is 16.1. The van der Waals surface area contributed by atoms with E-state index in [1.165, 1.54) is 7.05 Å². The van der Waals surface area contributed by atoms with Gasteiger partial charge in [-0.2, -0.15) is 0 Å². The summed E-state index contributed by atoms with van der Waals surface area (Å²) in [4.78, 5) is 29.8. The highest BCUT2D eigenvalue weighted by molar-refractivity contribution is 6.35. The average Bonchev–Trinajstić information content (AvgIpc) is 2.72. The van der Waals surface area contributed by atoms with E-state index in [2.05, 4.69) is 10.2 Å². The Balaban J connectivity index is 1.42. The molecule has 1 aliphatic heterocycles. The quantitative estimate of drug-likeness (QED) is 0.715. The predicted octanol–water partition coefficient (Wildman–Crippen LogP) is 3.56. The van der Waals surface area contributed by atoms with Gasteiger partial charge in [-0.05, 0) is 55.9 Å². The van der Waals surface area contributed by atoms with Crippen LogP contribution in [-0.2, 0) is 14.3 Å². The number of pyridine rings is 1. The van der Waals surface area contributed by atoms with E-state index in [4.69, 9.17) is 21.3 Å². The molecule has 3 rings (SSSR count). The van der Waals surface area contributed by atoms with Crippen molar-refractivity contribution in [3.05, 3.63) is 35.4 Å². The van der Waals surface area contributed by atoms with Crippen molar-refractivity contribution in [2.24, 2.45) is 5.92 Å². The molecule has 0 bridgehead atoms. The number of benzene rings is 1. The Labute approximate surface area is 170 Å². The van der Waals surface area contributed by atoms with Gasteiger partial charge in [0.15, 0.2) is 6.61 Å². The molecule has 2 heterocycles. The van der Waals surface area contributed by atoms with Crippen molar-refractivity contribution in [3.8, 4) is 0 Å². The van der Waals surface area contributed by atoms with Crippen LogP contribution in [-0.4, -0.2) is 43.6 Å². The molecule has 1 saturated heterocycles. The van der Waals surface area contributed by atoms with Crippen LogP contribution in [0.1, 0.15) is 32.1 Å². The van der Waals surface area contributed by atoms with Gasteiger partial charge in [0.05, 0.1) is 5.52 Å². The third-order valence-electron chi connectivity index (χ3n) is 5.24. The van der Waals surface area contributed by atoms with Gasteiger partial charge in [-0.1, -0.05) is 17.7 Å². The van der Waals surface area contributed by atoms with Gasteiger partial charge < -0.3 is 15.0 Å². The molecule has 1 aliphatic rings. The molecule has 0 spiro atoms. The van der Waals surface area contributed by atoms with Crippen molar-refractivity contribution < 1.29 is 14.3 Å². The second-order valence-electron chi connectivity index (χ2n) is 7.13. The van der Waals surface area contributed by atoms with Crippen molar-refractivity contribution in [3.63, 3.8) is 0 Å². The maximum absolute atomic E-state index is 11.6. The number of hydrogen-bond donors (Lipinski definition) is 1. The number of nitrogens with one attached hydrogen (secondary N) is 1. The van der Waals surface area contributed by atoms with Gasteiger partial charge in [-0.25, -0.2) is 4.98 Å². The molecule has 1 fully saturated rings. The zero-order chi connectivity index (χ0) is 19.9. The summed E-state index contributed by atoms with van der Waals surface area (Å²) < 4.78 is 4.93. The largest absolute Gasteiger partial charge is 0.456 e. The minimum absolute atomic E-state index is 0.197. The lowest BCUT2D eigenvalue weighted by atomic mass is 9.91. The summed E-state index contributed by atoms with van der Waals surface area (Å²) in [6.45, 7) is 1.73. The summed E-state index contributed by atoms with van der Waals surface area (Å²) in [7, 11) is 1.52. The van der Waals surface area contributed by atoms with E-state index in [1.807, 2.05) is 30.3 Å². The number of halogens is 1. The fourth-order valence-electron chi connectivity index (χ4n) is 3.56. The number of nitrogens with zero attached hydrogens (tertiary/aromatic N) is 2. The molecule has 0 radical (unpaired) electrons. The highest BCUT2D eigenvalue weighted by Crippen LogP contribution is 2.28. The lowest BCUT2D eigenvalue weighted by Gasteiger charge is -2.33. The van der Waals surface area contributed by atoms with Gasteiger partial charge in [-0.3, -0.25) is 9.59 Å². The van der Waals surface area contributed by atoms with Gasteiger partial charge in [-0.15, -0.1) is 0 Å². The first-order valence-electron chi connectivity index (χ1n) is 9.73. The van der Waals surface area contributed by atoms with Crippen LogP contribution in [0.3, 0.4) is 0 Å². The van der Waals surface area contributed by atoms with E-state index in [-0.39, 0.29) is 18.5 Å². The molecule has 1 aromatic carbocycles. The standard InChI is InChI=1S/C21H26ClN3O3/c1-23-20(26)14-28-21(27)7-2-4-15-10-12-25(13-11-15)19-9-8-16-17(22)5-3-6-18(16)24-19/h3,5-6,8-9,15H,2,4,7,10-14H2,1H3,(H,23,26). The Morgan fingerprint density at radius 3 is 2.79 bits per heavy atom. The fourth-order valence-corrected chi connectivity index (χ4v) is 3.79. The van der Waals surface area contributed by atoms with E-state index < -0.39 is 0 Å². The summed E-state index contributed by atoms with van der Waals surface area (Å²) in [6.07, 6.45) is 4.34. The van der Waals surface area contributed by atoms with Crippen LogP contribution in [0.4, 0.5) is 5.82 Å². The first kappa shape index (κ1) is 20.4. The van der Waals surface area contributed by atoms with Crippen LogP contribution in [0, 0.1) is 5.92 Å². The van der Waals surface area contributed by atoms with Crippen molar-refractivity contribution in [1.82, 2.24) is 10.3 Å². The van der Waals surface area contributed by atoms with Crippen LogP contribution in [0.5, 0.6) is 0 Å². The summed E-state index contributed by atoms with van der Waals surface area (Å²) in [5.41, 5.74) is 0.919. The molecule has 1 N–H and O–H groups in total. The minimum Gasteiger partial charge on any atom is -0.456 e. The van der Waals surface area contributed by atoms with Crippen molar-refractivity contribution in [2.45, 2.75) is 32.1 Å². The summed E-state index contributed by atoms with van der Waals surface area (Å²) >= 11 is 6.22. The molecule has 0 unspecified atom stereocenters. The Kier molecular flexibility index (Phi) is 7.09. The second kappa shape index (κ2) is 9.73. The molecule has 6 nitrogen and oxygen atoms in total. The summed E-state index contributed by atoms with van der Waals surface area (Å²) in [6, 6.07) is 9.87. The average molecular weight is 404 g/mol. The van der Waals surface area contributed by atoms with E-state index in [9.17, 15) is 9.59 Å². The normalized spacial score (nSPS) is 14.9. The number of carbonyl (C=O) groups excluding carboxylic acids is 2. The Bertz CT molecular complexity index is 835. The molecule has 0 aliphatic carbocycles. The topological polar surface area (TPSA) is 71.5 Å². The number of ether oxygens (including phenoxy) is 1. The molecular weight excluding hydrogens is 378 g/mol. The van der Waals surface area contributed by atoms with Crippen LogP contribution in [0.2, 0.25) is 5.02 Å². The third-order valence-corrected chi connectivity index (χ3v) is 5.57. The zero-order valence-corrected chi connectivity index (χ0v) is 16.9. The monoisotopic (exact) mass is 403 g/mol. The predicted molar refractivity (Wildman–Crippen MR) is 111 cm³/mol. The molecule has 2 aromatic rings. The Morgan fingerprint density at radius 2 is 2.04 bits per heavy atom. The van der Waals surface area contributed by atoms with Crippen LogP contribution in [0.25, 0.3) is 10.9 Å². The number of esters is 1. The highest BCUT2D eigenvalue weighted by atomic mass is 35.5. The summed E-state index contributed by atoms with van der Waals surface area (Å²) in [5.74, 6) is 1.01. The van der Waals surface area contributed by atoms with Gasteiger partial charge in [0.25, 0.3) is 5.91 Å². The van der Waals surface area contributed by atoms with Crippen LogP contribution < -0.4 is 10.2 Å². The van der Waals surface area contributed by atoms with E-state index in [0.29, 0.717) is 12.3 Å². The van der Waals surface area contributed by atoms with Crippen molar-refractivity contribution >= 4 is 40.2 Å². The summed E-state index contributed by atoms with van der Waals surface area (Å²) in [5, 5.41) is 4.13. The number of anilines is 1. The molecule has 0 saturated carbocycles. The van der Waals surface area contributed by atoms with Crippen molar-refractivity contribution in [2.75, 3.05) is 31.6 Å². The first-order valence-corrected chi connectivity index (χ1v) is 10.1. The number of fused-ring (bicyclic) bond motifs is 1. The fraction of sp³-hybridized carbons (Fsp3) is 0.476. The molecule has 0 atom stereocenters. The second-order valence-corrected chi connectivity index (χ2v) is 7.54. The SMILES string of the molecule is CNC(=O)COC(=O)CCCC1CCN(c2ccc3c(Cl)cccc3n2)CC1. The molecule has 28 heavy (non-hydrogen) atoms. The number of likely N-dealkylation sites (N-methyl/N-ethyl adjacent to an activating group) is 1. The Hall–Kier alpha value is -2.34. The minimum atomic E-state index is -0.305. The molecule has 150 valence electrons. The number of carbonyl (C=O) groups is 2. The van der Waals surface area contributed by atoms with E-state index in [0.717, 1.165) is 60.5 Å². The highest BCUT2D eigenvalue weighted by Gasteiger charge is 2.20. The third kappa shape index (κ3) is 5.35. The molecule has 1 aromatic heterocycles. The van der Waals surface area contributed by atoms with Crippen LogP contribution in [0.15, 0.2) is 30.3 Å². The van der Waals surface area contributed by atoms with Gasteiger partial charge >= 0.3 is 5.97 Å². The Morgan fingerprint density at radius 1 is 1.25 bits per heavy atom. The lowest BCUT2D eigenvalue weighted by Crippen LogP contribution is -2.34. The lowest BCUT2D eigenvalue weighted by molar-refractivity contribution is -0.148. The number of piperidine rings is 1. The molecule has 1 amide bonds. The van der Waals surface area contributed by atoms with Crippen LogP contribution >= 0.6 is 11.6 Å². The maximum atomic E-state index is 11.6. The van der Waals surface area contributed by atoms with E-state index in [1.54, 1.807) is 0 Å². The van der Waals surface area contributed by atoms with Gasteiger partial charge in [0.2, 0.25) is 0 Å². The smallest absolute Gasteiger partial charge is 0.306 e. The first-order chi connectivity index (χ1) is 13.6. The number of amides is 1. The van der Waals surface area contributed by atoms with Gasteiger partial charge in [0, 0.05) is 37.0 Å². The van der Waals surface area contributed by atoms with Crippen molar-refractivity contribution in [1.29, 1.82) is 0 Å². The van der Waals surface area contributed by atoms with E-state index >= 15 is 0 Å².